The third-order valence-corrected chi connectivity index (χ3v) is 7.14. The number of halogens is 1. The van der Waals surface area contributed by atoms with E-state index in [0.29, 0.717) is 24.1 Å². The maximum absolute atomic E-state index is 11.6. The van der Waals surface area contributed by atoms with Crippen LogP contribution < -0.4 is 10.6 Å². The maximum atomic E-state index is 11.6. The summed E-state index contributed by atoms with van der Waals surface area (Å²) in [5.41, 5.74) is 0. The molecule has 3 rings (SSSR count). The lowest BCUT2D eigenvalue weighted by molar-refractivity contribution is 0.113. The second-order valence-corrected chi connectivity index (χ2v) is 9.68. The summed E-state index contributed by atoms with van der Waals surface area (Å²) >= 11 is 0. The molecule has 3 fully saturated rings. The van der Waals surface area contributed by atoms with Gasteiger partial charge in [0, 0.05) is 25.7 Å². The topological polar surface area (TPSA) is 79.8 Å². The van der Waals surface area contributed by atoms with Gasteiger partial charge in [-0.05, 0) is 38.0 Å². The van der Waals surface area contributed by atoms with Gasteiger partial charge in [0.05, 0.1) is 17.6 Å². The van der Waals surface area contributed by atoms with E-state index in [-0.39, 0.29) is 36.0 Å². The molecule has 6 nitrogen and oxygen atoms in total. The molecule has 25 heavy (non-hydrogen) atoms. The van der Waals surface area contributed by atoms with E-state index in [0.717, 1.165) is 38.4 Å². The molecule has 0 radical (unpaired) electrons. The van der Waals surface area contributed by atoms with E-state index in [9.17, 15) is 8.42 Å². The molecular weight excluding hydrogens is 453 g/mol. The van der Waals surface area contributed by atoms with Crippen molar-refractivity contribution in [1.82, 2.24) is 10.6 Å². The zero-order chi connectivity index (χ0) is 16.8. The van der Waals surface area contributed by atoms with Gasteiger partial charge in [-0.3, -0.25) is 4.99 Å². The number of nitrogens with zero attached hydrogens (tertiary/aromatic N) is 1. The summed E-state index contributed by atoms with van der Waals surface area (Å²) in [5.74, 6) is 1.62. The molecule has 0 aromatic carbocycles. The van der Waals surface area contributed by atoms with Gasteiger partial charge < -0.3 is 15.4 Å². The van der Waals surface area contributed by atoms with Gasteiger partial charge in [0.1, 0.15) is 0 Å². The van der Waals surface area contributed by atoms with Crippen LogP contribution in [0.5, 0.6) is 0 Å². The average molecular weight is 485 g/mol. The van der Waals surface area contributed by atoms with Crippen LogP contribution in [0.1, 0.15) is 51.4 Å². The molecular formula is C17H32IN3O3S. The summed E-state index contributed by atoms with van der Waals surface area (Å²) in [7, 11) is -2.83. The van der Waals surface area contributed by atoms with Crippen molar-refractivity contribution in [2.45, 2.75) is 63.5 Å². The van der Waals surface area contributed by atoms with Gasteiger partial charge in [-0.15, -0.1) is 24.0 Å². The molecule has 0 bridgehead atoms. The minimum atomic E-state index is -2.83. The second-order valence-electron chi connectivity index (χ2n) is 7.45. The standard InChI is InChI=1S/C17H31N3O3S.HI/c21-24(22)10-8-14(13-24)11-18-17(19-12-16-7-4-9-23-16)20-15-5-2-1-3-6-15;/h14-16H,1-13H2,(H2,18,19,20);1H. The van der Waals surface area contributed by atoms with Crippen LogP contribution in [0.15, 0.2) is 4.99 Å². The first-order chi connectivity index (χ1) is 11.6. The number of hydrogen-bond acceptors (Lipinski definition) is 4. The predicted molar refractivity (Wildman–Crippen MR) is 111 cm³/mol. The summed E-state index contributed by atoms with van der Waals surface area (Å²) in [5, 5.41) is 6.98. The summed E-state index contributed by atoms with van der Waals surface area (Å²) in [6.45, 7) is 2.23. The van der Waals surface area contributed by atoms with E-state index in [1.807, 2.05) is 0 Å². The number of nitrogens with one attached hydrogen (secondary N) is 2. The molecule has 2 atom stereocenters. The third kappa shape index (κ3) is 7.21. The summed E-state index contributed by atoms with van der Waals surface area (Å²) in [6.07, 6.45) is 9.52. The summed E-state index contributed by atoms with van der Waals surface area (Å²) in [6, 6.07) is 0.488. The fourth-order valence-corrected chi connectivity index (χ4v) is 5.69. The Hall–Kier alpha value is -0.0900. The molecule has 0 spiro atoms. The second kappa shape index (κ2) is 10.3. The Morgan fingerprint density at radius 3 is 2.52 bits per heavy atom. The Kier molecular flexibility index (Phi) is 8.74. The Labute approximate surface area is 168 Å². The lowest BCUT2D eigenvalue weighted by Gasteiger charge is -2.26. The van der Waals surface area contributed by atoms with Crippen molar-refractivity contribution in [2.75, 3.05) is 31.2 Å². The normalized spacial score (nSPS) is 30.0. The molecule has 1 saturated carbocycles. The maximum Gasteiger partial charge on any atom is 0.191 e. The molecule has 2 N–H and O–H groups in total. The van der Waals surface area contributed by atoms with Crippen LogP contribution in [0, 0.1) is 5.92 Å². The Bertz CT molecular complexity index is 529. The quantitative estimate of drug-likeness (QED) is 0.354. The predicted octanol–water partition coefficient (Wildman–Crippen LogP) is 2.09. The molecule has 0 aromatic heterocycles. The first kappa shape index (κ1) is 21.2. The molecule has 0 amide bonds. The van der Waals surface area contributed by atoms with Gasteiger partial charge in [0.2, 0.25) is 0 Å². The SMILES string of the molecule is I.O=S1(=O)CCC(CN=C(NCC2CCCO2)NC2CCCCC2)C1. The summed E-state index contributed by atoms with van der Waals surface area (Å²) in [4.78, 5) is 4.70. The van der Waals surface area contributed by atoms with E-state index in [1.54, 1.807) is 0 Å². The smallest absolute Gasteiger partial charge is 0.191 e. The minimum absolute atomic E-state index is 0. The number of aliphatic imine (C=N–C) groups is 1. The molecule has 1 aliphatic carbocycles. The van der Waals surface area contributed by atoms with Gasteiger partial charge >= 0.3 is 0 Å². The molecule has 2 unspecified atom stereocenters. The highest BCUT2D eigenvalue weighted by Crippen LogP contribution is 2.19. The first-order valence-electron chi connectivity index (χ1n) is 9.47. The van der Waals surface area contributed by atoms with Crippen LogP contribution in [0.3, 0.4) is 0 Å². The zero-order valence-electron chi connectivity index (χ0n) is 14.9. The van der Waals surface area contributed by atoms with E-state index in [2.05, 4.69) is 10.6 Å². The van der Waals surface area contributed by atoms with Gasteiger partial charge in [0.25, 0.3) is 0 Å². The van der Waals surface area contributed by atoms with Crippen molar-refractivity contribution < 1.29 is 13.2 Å². The zero-order valence-corrected chi connectivity index (χ0v) is 18.1. The molecule has 2 saturated heterocycles. The van der Waals surface area contributed by atoms with E-state index in [4.69, 9.17) is 9.73 Å². The Morgan fingerprint density at radius 1 is 1.08 bits per heavy atom. The van der Waals surface area contributed by atoms with Crippen molar-refractivity contribution in [3.63, 3.8) is 0 Å². The average Bonchev–Trinajstić information content (AvgIpc) is 3.20. The van der Waals surface area contributed by atoms with E-state index in [1.165, 1.54) is 32.1 Å². The highest BCUT2D eigenvalue weighted by atomic mass is 127. The Balaban J connectivity index is 0.00000225. The van der Waals surface area contributed by atoms with Crippen molar-refractivity contribution in [3.05, 3.63) is 0 Å². The van der Waals surface area contributed by atoms with Crippen LogP contribution in [0.2, 0.25) is 0 Å². The monoisotopic (exact) mass is 485 g/mol. The molecule has 146 valence electrons. The number of guanidine groups is 1. The van der Waals surface area contributed by atoms with Gasteiger partial charge in [-0.2, -0.15) is 0 Å². The molecule has 0 aromatic rings. The molecule has 8 heteroatoms. The lowest BCUT2D eigenvalue weighted by atomic mass is 9.96. The lowest BCUT2D eigenvalue weighted by Crippen LogP contribution is -2.46. The van der Waals surface area contributed by atoms with Crippen LogP contribution >= 0.6 is 24.0 Å². The number of ether oxygens (including phenoxy) is 1. The van der Waals surface area contributed by atoms with Gasteiger partial charge in [-0.1, -0.05) is 19.3 Å². The third-order valence-electron chi connectivity index (χ3n) is 5.30. The first-order valence-corrected chi connectivity index (χ1v) is 11.3. The van der Waals surface area contributed by atoms with Crippen molar-refractivity contribution in [3.8, 4) is 0 Å². The number of rotatable bonds is 5. The number of sulfone groups is 1. The molecule has 2 aliphatic heterocycles. The van der Waals surface area contributed by atoms with Crippen LogP contribution in [0.4, 0.5) is 0 Å². The van der Waals surface area contributed by atoms with Crippen LogP contribution in [-0.4, -0.2) is 57.7 Å². The number of hydrogen-bond donors (Lipinski definition) is 2. The summed E-state index contributed by atoms with van der Waals surface area (Å²) < 4.78 is 28.9. The largest absolute Gasteiger partial charge is 0.376 e. The van der Waals surface area contributed by atoms with E-state index >= 15 is 0 Å². The van der Waals surface area contributed by atoms with Crippen LogP contribution in [-0.2, 0) is 14.6 Å². The van der Waals surface area contributed by atoms with Crippen molar-refractivity contribution in [1.29, 1.82) is 0 Å². The van der Waals surface area contributed by atoms with E-state index < -0.39 is 9.84 Å². The fourth-order valence-electron chi connectivity index (χ4n) is 3.85. The fraction of sp³-hybridized carbons (Fsp3) is 0.941. The van der Waals surface area contributed by atoms with Crippen LogP contribution in [0.25, 0.3) is 0 Å². The Morgan fingerprint density at radius 2 is 1.88 bits per heavy atom. The van der Waals surface area contributed by atoms with Crippen molar-refractivity contribution in [2.24, 2.45) is 10.9 Å². The molecule has 3 aliphatic rings. The van der Waals surface area contributed by atoms with Gasteiger partial charge in [0.15, 0.2) is 15.8 Å². The molecule has 2 heterocycles. The van der Waals surface area contributed by atoms with Gasteiger partial charge in [-0.25, -0.2) is 8.42 Å². The highest BCUT2D eigenvalue weighted by Gasteiger charge is 2.27. The minimum Gasteiger partial charge on any atom is -0.376 e. The highest BCUT2D eigenvalue weighted by molar-refractivity contribution is 14.0. The van der Waals surface area contributed by atoms with Crippen molar-refractivity contribution >= 4 is 39.8 Å².